The average Bonchev–Trinajstić information content (AvgIpc) is 2.92. The van der Waals surface area contributed by atoms with Crippen molar-refractivity contribution in [2.75, 3.05) is 31.2 Å². The Kier molecular flexibility index (Phi) is 5.51. The number of ether oxygens (including phenoxy) is 1. The SMILES string of the molecule is O=C(O)C1CCN(C(=O)CSC[C@@H]2CCCO2)CC1. The van der Waals surface area contributed by atoms with Crippen LogP contribution in [0.2, 0.25) is 0 Å². The van der Waals surface area contributed by atoms with Gasteiger partial charge in [-0.3, -0.25) is 9.59 Å². The number of piperidine rings is 1. The van der Waals surface area contributed by atoms with Crippen LogP contribution in [-0.4, -0.2) is 59.2 Å². The van der Waals surface area contributed by atoms with Crippen LogP contribution >= 0.6 is 11.8 Å². The van der Waals surface area contributed by atoms with E-state index in [1.54, 1.807) is 16.7 Å². The molecule has 6 heteroatoms. The van der Waals surface area contributed by atoms with Crippen LogP contribution in [0.4, 0.5) is 0 Å². The molecule has 108 valence electrons. The van der Waals surface area contributed by atoms with Crippen molar-refractivity contribution >= 4 is 23.6 Å². The van der Waals surface area contributed by atoms with Gasteiger partial charge in [0.05, 0.1) is 17.8 Å². The quantitative estimate of drug-likeness (QED) is 0.823. The lowest BCUT2D eigenvalue weighted by Gasteiger charge is -2.30. The molecule has 0 spiro atoms. The van der Waals surface area contributed by atoms with Crippen molar-refractivity contribution in [1.29, 1.82) is 0 Å². The van der Waals surface area contributed by atoms with E-state index in [2.05, 4.69) is 0 Å². The molecule has 0 aromatic rings. The summed E-state index contributed by atoms with van der Waals surface area (Å²) in [5.74, 6) is 0.491. The number of thioether (sulfide) groups is 1. The Bertz CT molecular complexity index is 323. The van der Waals surface area contributed by atoms with E-state index in [1.165, 1.54) is 0 Å². The standard InChI is InChI=1S/C13H21NO4S/c15-12(9-19-8-11-2-1-7-18-11)14-5-3-10(4-6-14)13(16)17/h10-11H,1-9H2,(H,16,17)/t11-/m0/s1. The number of carboxylic acid groups (broad SMARTS) is 1. The van der Waals surface area contributed by atoms with Gasteiger partial charge in [0, 0.05) is 25.4 Å². The molecule has 2 saturated heterocycles. The highest BCUT2D eigenvalue weighted by molar-refractivity contribution is 7.99. The number of hydrogen-bond acceptors (Lipinski definition) is 4. The molecule has 0 radical (unpaired) electrons. The first-order valence-electron chi connectivity index (χ1n) is 6.86. The molecule has 1 amide bonds. The van der Waals surface area contributed by atoms with E-state index in [1.807, 2.05) is 0 Å². The number of rotatable bonds is 5. The summed E-state index contributed by atoms with van der Waals surface area (Å²) in [5, 5.41) is 8.90. The maximum Gasteiger partial charge on any atom is 0.306 e. The number of carbonyl (C=O) groups excluding carboxylic acids is 1. The maximum absolute atomic E-state index is 12.0. The lowest BCUT2D eigenvalue weighted by atomic mass is 9.97. The number of amides is 1. The fourth-order valence-electron chi connectivity index (χ4n) is 2.52. The minimum absolute atomic E-state index is 0.131. The molecule has 0 saturated carbocycles. The molecular weight excluding hydrogens is 266 g/mol. The van der Waals surface area contributed by atoms with Gasteiger partial charge in [-0.1, -0.05) is 0 Å². The average molecular weight is 287 g/mol. The van der Waals surface area contributed by atoms with Crippen LogP contribution in [0, 0.1) is 5.92 Å². The van der Waals surface area contributed by atoms with Crippen molar-refractivity contribution in [2.24, 2.45) is 5.92 Å². The van der Waals surface area contributed by atoms with Gasteiger partial charge in [0.1, 0.15) is 0 Å². The highest BCUT2D eigenvalue weighted by atomic mass is 32.2. The zero-order valence-corrected chi connectivity index (χ0v) is 11.9. The zero-order valence-electron chi connectivity index (χ0n) is 11.0. The Balaban J connectivity index is 1.62. The summed E-state index contributed by atoms with van der Waals surface area (Å²) in [6, 6.07) is 0. The van der Waals surface area contributed by atoms with E-state index in [0.717, 1.165) is 25.2 Å². The van der Waals surface area contributed by atoms with Gasteiger partial charge in [-0.15, -0.1) is 11.8 Å². The van der Waals surface area contributed by atoms with Gasteiger partial charge in [0.25, 0.3) is 0 Å². The van der Waals surface area contributed by atoms with Gasteiger partial charge < -0.3 is 14.7 Å². The van der Waals surface area contributed by atoms with Gasteiger partial charge in [-0.25, -0.2) is 0 Å². The molecule has 2 rings (SSSR count). The molecule has 0 unspecified atom stereocenters. The Morgan fingerprint density at radius 3 is 2.58 bits per heavy atom. The molecular formula is C13H21NO4S. The van der Waals surface area contributed by atoms with E-state index < -0.39 is 5.97 Å². The highest BCUT2D eigenvalue weighted by Crippen LogP contribution is 2.20. The molecule has 2 aliphatic heterocycles. The second-order valence-electron chi connectivity index (χ2n) is 5.14. The van der Waals surface area contributed by atoms with Crippen LogP contribution in [0.1, 0.15) is 25.7 Å². The number of likely N-dealkylation sites (tertiary alicyclic amines) is 1. The lowest BCUT2D eigenvalue weighted by Crippen LogP contribution is -2.41. The predicted molar refractivity (Wildman–Crippen MR) is 73.2 cm³/mol. The summed E-state index contributed by atoms with van der Waals surface area (Å²) in [5.41, 5.74) is 0. The Morgan fingerprint density at radius 2 is 2.00 bits per heavy atom. The fourth-order valence-corrected chi connectivity index (χ4v) is 3.52. The predicted octanol–water partition coefficient (Wildman–Crippen LogP) is 1.22. The monoisotopic (exact) mass is 287 g/mol. The summed E-state index contributed by atoms with van der Waals surface area (Å²) in [4.78, 5) is 24.6. The van der Waals surface area contributed by atoms with E-state index in [9.17, 15) is 9.59 Å². The first-order chi connectivity index (χ1) is 9.16. The Morgan fingerprint density at radius 1 is 1.26 bits per heavy atom. The molecule has 5 nitrogen and oxygen atoms in total. The largest absolute Gasteiger partial charge is 0.481 e. The molecule has 0 bridgehead atoms. The first kappa shape index (κ1) is 14.7. The third-order valence-corrected chi connectivity index (χ3v) is 4.81. The molecule has 1 atom stereocenters. The van der Waals surface area contributed by atoms with E-state index in [0.29, 0.717) is 37.8 Å². The van der Waals surface area contributed by atoms with E-state index >= 15 is 0 Å². The van der Waals surface area contributed by atoms with Crippen molar-refractivity contribution in [1.82, 2.24) is 4.90 Å². The summed E-state index contributed by atoms with van der Waals surface area (Å²) >= 11 is 1.63. The smallest absolute Gasteiger partial charge is 0.306 e. The summed E-state index contributed by atoms with van der Waals surface area (Å²) in [6.45, 7) is 2.01. The number of aliphatic carboxylic acids is 1. The van der Waals surface area contributed by atoms with Crippen LogP contribution in [0.5, 0.6) is 0 Å². The molecule has 0 aliphatic carbocycles. The zero-order chi connectivity index (χ0) is 13.7. The van der Waals surface area contributed by atoms with Crippen LogP contribution < -0.4 is 0 Å². The molecule has 0 aromatic heterocycles. The van der Waals surface area contributed by atoms with Gasteiger partial charge >= 0.3 is 5.97 Å². The molecule has 19 heavy (non-hydrogen) atoms. The van der Waals surface area contributed by atoms with Crippen molar-refractivity contribution < 1.29 is 19.4 Å². The Hall–Kier alpha value is -0.750. The second kappa shape index (κ2) is 7.14. The number of nitrogens with zero attached hydrogens (tertiary/aromatic N) is 1. The van der Waals surface area contributed by atoms with Crippen LogP contribution in [0.25, 0.3) is 0 Å². The third-order valence-electron chi connectivity index (χ3n) is 3.75. The maximum atomic E-state index is 12.0. The van der Waals surface area contributed by atoms with Crippen LogP contribution in [0.3, 0.4) is 0 Å². The van der Waals surface area contributed by atoms with Crippen molar-refractivity contribution in [3.63, 3.8) is 0 Å². The van der Waals surface area contributed by atoms with E-state index in [-0.39, 0.29) is 11.8 Å². The van der Waals surface area contributed by atoms with Crippen molar-refractivity contribution in [3.05, 3.63) is 0 Å². The van der Waals surface area contributed by atoms with Crippen molar-refractivity contribution in [2.45, 2.75) is 31.8 Å². The molecule has 2 fully saturated rings. The Labute approximate surface area is 117 Å². The first-order valence-corrected chi connectivity index (χ1v) is 8.02. The van der Waals surface area contributed by atoms with Crippen molar-refractivity contribution in [3.8, 4) is 0 Å². The highest BCUT2D eigenvalue weighted by Gasteiger charge is 2.27. The number of carbonyl (C=O) groups is 2. The van der Waals surface area contributed by atoms with Crippen LogP contribution in [0.15, 0.2) is 0 Å². The topological polar surface area (TPSA) is 66.8 Å². The second-order valence-corrected chi connectivity index (χ2v) is 6.17. The normalized spacial score (nSPS) is 24.6. The molecule has 0 aromatic carbocycles. The minimum atomic E-state index is -0.736. The summed E-state index contributed by atoms with van der Waals surface area (Å²) < 4.78 is 5.51. The number of hydrogen-bond donors (Lipinski definition) is 1. The number of carboxylic acids is 1. The van der Waals surface area contributed by atoms with Crippen LogP contribution in [-0.2, 0) is 14.3 Å². The fraction of sp³-hybridized carbons (Fsp3) is 0.846. The lowest BCUT2D eigenvalue weighted by molar-refractivity contribution is -0.145. The molecule has 2 aliphatic rings. The summed E-state index contributed by atoms with van der Waals surface area (Å²) in [7, 11) is 0. The van der Waals surface area contributed by atoms with Gasteiger partial charge in [-0.05, 0) is 25.7 Å². The summed E-state index contributed by atoms with van der Waals surface area (Å²) in [6.07, 6.45) is 3.71. The molecule has 2 heterocycles. The third kappa shape index (κ3) is 4.38. The van der Waals surface area contributed by atoms with Gasteiger partial charge in [-0.2, -0.15) is 0 Å². The minimum Gasteiger partial charge on any atom is -0.481 e. The van der Waals surface area contributed by atoms with Gasteiger partial charge in [0.15, 0.2) is 0 Å². The van der Waals surface area contributed by atoms with Gasteiger partial charge in [0.2, 0.25) is 5.91 Å². The van der Waals surface area contributed by atoms with E-state index in [4.69, 9.17) is 9.84 Å². The molecule has 1 N–H and O–H groups in total.